The number of esters is 1. The number of unbranched alkanes of at least 4 members (excludes halogenated alkanes) is 1. The van der Waals surface area contributed by atoms with Crippen molar-refractivity contribution in [1.29, 1.82) is 0 Å². The molecule has 2 rings (SSSR count). The second-order valence-electron chi connectivity index (χ2n) is 6.61. The van der Waals surface area contributed by atoms with Crippen molar-refractivity contribution < 1.29 is 28.6 Å². The van der Waals surface area contributed by atoms with E-state index in [-0.39, 0.29) is 17.2 Å². The highest BCUT2D eigenvalue weighted by Crippen LogP contribution is 2.45. The first-order valence-corrected chi connectivity index (χ1v) is 10.4. The van der Waals surface area contributed by atoms with Gasteiger partial charge in [-0.05, 0) is 25.3 Å². The molecule has 1 fully saturated rings. The van der Waals surface area contributed by atoms with E-state index < -0.39 is 12.0 Å². The van der Waals surface area contributed by atoms with Crippen molar-refractivity contribution >= 4 is 29.5 Å². The van der Waals surface area contributed by atoms with Crippen molar-refractivity contribution in [3.05, 3.63) is 23.8 Å². The molecule has 0 saturated carbocycles. The van der Waals surface area contributed by atoms with E-state index in [1.54, 1.807) is 26.0 Å². The smallest absolute Gasteiger partial charge is 0.328 e. The second-order valence-corrected chi connectivity index (χ2v) is 7.67. The van der Waals surface area contributed by atoms with E-state index in [0.717, 1.165) is 5.56 Å². The van der Waals surface area contributed by atoms with Gasteiger partial charge in [0.2, 0.25) is 11.8 Å². The van der Waals surface area contributed by atoms with Gasteiger partial charge >= 0.3 is 5.97 Å². The zero-order valence-electron chi connectivity index (χ0n) is 17.2. The molecule has 2 atom stereocenters. The van der Waals surface area contributed by atoms with Crippen LogP contribution in [-0.2, 0) is 19.1 Å². The van der Waals surface area contributed by atoms with Crippen molar-refractivity contribution in [2.24, 2.45) is 0 Å². The third kappa shape index (κ3) is 5.79. The second kappa shape index (κ2) is 10.9. The zero-order chi connectivity index (χ0) is 21.4. The first-order valence-electron chi connectivity index (χ1n) is 9.39. The van der Waals surface area contributed by atoms with Crippen molar-refractivity contribution in [2.45, 2.75) is 37.6 Å². The van der Waals surface area contributed by atoms with E-state index in [1.165, 1.54) is 14.0 Å². The van der Waals surface area contributed by atoms with Crippen LogP contribution in [0, 0.1) is 0 Å². The highest BCUT2D eigenvalue weighted by Gasteiger charge is 2.35. The van der Waals surface area contributed by atoms with Gasteiger partial charge in [0.05, 0.1) is 27.1 Å². The first kappa shape index (κ1) is 22.9. The van der Waals surface area contributed by atoms with Gasteiger partial charge in [0.25, 0.3) is 0 Å². The van der Waals surface area contributed by atoms with Gasteiger partial charge in [0.1, 0.15) is 11.4 Å². The Morgan fingerprint density at radius 1 is 1.24 bits per heavy atom. The molecule has 160 valence electrons. The van der Waals surface area contributed by atoms with Crippen LogP contribution in [0.25, 0.3) is 0 Å². The van der Waals surface area contributed by atoms with Crippen LogP contribution in [0.1, 0.15) is 37.1 Å². The van der Waals surface area contributed by atoms with Crippen LogP contribution in [0.15, 0.2) is 18.2 Å². The summed E-state index contributed by atoms with van der Waals surface area (Å²) in [6.45, 7) is 1.91. The monoisotopic (exact) mass is 424 g/mol. The fraction of sp³-hybridized carbons (Fsp3) is 0.550. The van der Waals surface area contributed by atoms with Crippen LogP contribution in [0.3, 0.4) is 0 Å². The lowest BCUT2D eigenvalue weighted by Crippen LogP contribution is -2.40. The van der Waals surface area contributed by atoms with Gasteiger partial charge in [-0.25, -0.2) is 4.79 Å². The highest BCUT2D eigenvalue weighted by molar-refractivity contribution is 8.00. The van der Waals surface area contributed by atoms with E-state index in [2.05, 4.69) is 5.32 Å². The number of hydrogen-bond acceptors (Lipinski definition) is 7. The van der Waals surface area contributed by atoms with Crippen LogP contribution in [0.2, 0.25) is 0 Å². The lowest BCUT2D eigenvalue weighted by atomic mass is 10.1. The molecule has 0 bridgehead atoms. The number of para-hydroxylation sites is 1. The minimum Gasteiger partial charge on any atom is -0.493 e. The Balaban J connectivity index is 2.01. The molecule has 0 spiro atoms. The predicted molar refractivity (Wildman–Crippen MR) is 110 cm³/mol. The molecule has 0 aliphatic carbocycles. The molecule has 2 amide bonds. The third-order valence-corrected chi connectivity index (χ3v) is 5.91. The Morgan fingerprint density at radius 3 is 2.62 bits per heavy atom. The van der Waals surface area contributed by atoms with Gasteiger partial charge in [-0.3, -0.25) is 9.59 Å². The van der Waals surface area contributed by atoms with Gasteiger partial charge < -0.3 is 24.4 Å². The van der Waals surface area contributed by atoms with Gasteiger partial charge in [-0.2, -0.15) is 0 Å². The summed E-state index contributed by atoms with van der Waals surface area (Å²) >= 11 is 1.55. The van der Waals surface area contributed by atoms with Crippen LogP contribution in [-0.4, -0.2) is 62.4 Å². The average Bonchev–Trinajstić information content (AvgIpc) is 3.08. The SMILES string of the molecule is COC(=O)C(CCCCN1C(=O)CSC1c1cccc(OC)c1OC)NC(C)=O. The largest absolute Gasteiger partial charge is 0.493 e. The molecular weight excluding hydrogens is 396 g/mol. The molecule has 1 aliphatic heterocycles. The van der Waals surface area contributed by atoms with Gasteiger partial charge in [-0.1, -0.05) is 12.1 Å². The number of amides is 2. The summed E-state index contributed by atoms with van der Waals surface area (Å²) < 4.78 is 15.6. The molecule has 0 radical (unpaired) electrons. The minimum atomic E-state index is -0.671. The number of rotatable bonds is 10. The summed E-state index contributed by atoms with van der Waals surface area (Å²) in [7, 11) is 4.46. The Kier molecular flexibility index (Phi) is 8.63. The minimum absolute atomic E-state index is 0.0660. The molecule has 1 aliphatic rings. The topological polar surface area (TPSA) is 94.2 Å². The summed E-state index contributed by atoms with van der Waals surface area (Å²) in [6, 6.07) is 4.97. The van der Waals surface area contributed by atoms with Crippen molar-refractivity contribution in [3.63, 3.8) is 0 Å². The molecular formula is C20H28N2O6S. The fourth-order valence-electron chi connectivity index (χ4n) is 3.33. The molecule has 8 nitrogen and oxygen atoms in total. The Morgan fingerprint density at radius 2 is 2.00 bits per heavy atom. The number of ether oxygens (including phenoxy) is 3. The summed E-state index contributed by atoms with van der Waals surface area (Å²) in [4.78, 5) is 37.3. The molecule has 0 aromatic heterocycles. The maximum absolute atomic E-state index is 12.4. The standard InChI is InChI=1S/C20H28N2O6S/c1-13(23)21-15(20(25)28-4)9-5-6-11-22-17(24)12-29-19(22)14-8-7-10-16(26-2)18(14)27-3/h7-8,10,15,19H,5-6,9,11-12H2,1-4H3,(H,21,23). The van der Waals surface area contributed by atoms with E-state index in [4.69, 9.17) is 14.2 Å². The predicted octanol–water partition coefficient (Wildman–Crippen LogP) is 2.13. The number of carbonyl (C=O) groups excluding carboxylic acids is 3. The van der Waals surface area contributed by atoms with E-state index in [0.29, 0.717) is 43.1 Å². The molecule has 9 heteroatoms. The maximum atomic E-state index is 12.4. The Hall–Kier alpha value is -2.42. The lowest BCUT2D eigenvalue weighted by Gasteiger charge is -2.26. The molecule has 1 aromatic rings. The first-order chi connectivity index (χ1) is 13.9. The van der Waals surface area contributed by atoms with Gasteiger partial charge in [0, 0.05) is 19.0 Å². The fourth-order valence-corrected chi connectivity index (χ4v) is 4.56. The quantitative estimate of drug-likeness (QED) is 0.454. The van der Waals surface area contributed by atoms with Gasteiger partial charge in [-0.15, -0.1) is 11.8 Å². The summed E-state index contributed by atoms with van der Waals surface area (Å²) in [5.74, 6) is 0.978. The maximum Gasteiger partial charge on any atom is 0.328 e. The molecule has 1 aromatic carbocycles. The zero-order valence-corrected chi connectivity index (χ0v) is 18.0. The summed E-state index contributed by atoms with van der Waals surface area (Å²) in [6.07, 6.45) is 1.81. The number of nitrogens with one attached hydrogen (secondary N) is 1. The Bertz CT molecular complexity index is 742. The molecule has 2 unspecified atom stereocenters. The third-order valence-electron chi connectivity index (χ3n) is 4.67. The van der Waals surface area contributed by atoms with E-state index in [1.807, 2.05) is 23.1 Å². The van der Waals surface area contributed by atoms with Crippen LogP contribution < -0.4 is 14.8 Å². The summed E-state index contributed by atoms with van der Waals surface area (Å²) in [5.41, 5.74) is 0.897. The number of methoxy groups -OCH3 is 3. The van der Waals surface area contributed by atoms with Crippen LogP contribution in [0.4, 0.5) is 0 Å². The van der Waals surface area contributed by atoms with Crippen molar-refractivity contribution in [3.8, 4) is 11.5 Å². The number of nitrogens with zero attached hydrogens (tertiary/aromatic N) is 1. The van der Waals surface area contributed by atoms with Crippen LogP contribution >= 0.6 is 11.8 Å². The molecule has 1 saturated heterocycles. The van der Waals surface area contributed by atoms with E-state index >= 15 is 0 Å². The van der Waals surface area contributed by atoms with Crippen LogP contribution in [0.5, 0.6) is 11.5 Å². The number of thioether (sulfide) groups is 1. The lowest BCUT2D eigenvalue weighted by molar-refractivity contribution is -0.145. The number of hydrogen-bond donors (Lipinski definition) is 1. The van der Waals surface area contributed by atoms with Crippen molar-refractivity contribution in [1.82, 2.24) is 10.2 Å². The van der Waals surface area contributed by atoms with Gasteiger partial charge in [0.15, 0.2) is 11.5 Å². The normalized spacial score (nSPS) is 17.0. The molecule has 29 heavy (non-hydrogen) atoms. The number of carbonyl (C=O) groups is 3. The van der Waals surface area contributed by atoms with Crippen molar-refractivity contribution in [2.75, 3.05) is 33.6 Å². The Labute approximate surface area is 175 Å². The highest BCUT2D eigenvalue weighted by atomic mass is 32.2. The van der Waals surface area contributed by atoms with E-state index in [9.17, 15) is 14.4 Å². The summed E-state index contributed by atoms with van der Waals surface area (Å²) in [5, 5.41) is 2.45. The average molecular weight is 425 g/mol. The molecule has 1 N–H and O–H groups in total. The number of benzene rings is 1. The molecule has 1 heterocycles.